The van der Waals surface area contributed by atoms with Crippen molar-refractivity contribution >= 4 is 85.6 Å². The van der Waals surface area contributed by atoms with Crippen molar-refractivity contribution in [1.82, 2.24) is 4.57 Å². The van der Waals surface area contributed by atoms with Crippen molar-refractivity contribution < 1.29 is 0 Å². The first-order valence-corrected chi connectivity index (χ1v) is 18.1. The van der Waals surface area contributed by atoms with E-state index in [-0.39, 0.29) is 0 Å². The highest BCUT2D eigenvalue weighted by atomic mass is 32.1. The highest BCUT2D eigenvalue weighted by molar-refractivity contribution is 7.26. The Hall–Kier alpha value is -6.22. The summed E-state index contributed by atoms with van der Waals surface area (Å²) in [5.74, 6) is 0. The Morgan fingerprint density at radius 1 is 0.360 bits per heavy atom. The molecule has 0 amide bonds. The molecule has 0 unspecified atom stereocenters. The van der Waals surface area contributed by atoms with Gasteiger partial charge in [-0.25, -0.2) is 0 Å². The molecule has 0 atom stereocenters. The van der Waals surface area contributed by atoms with Gasteiger partial charge in [0.05, 0.1) is 11.0 Å². The number of thiophene rings is 1. The number of rotatable bonds is 2. The standard InChI is InChI=1S/C48H27NS/c1-2-12-33-32(11-1)36-16-8-15-35-31(22-23-37(33)46(35)36)29-9-7-10-30(27-29)49-42-17-5-3-13-34(42)39-25-24-38-40(48(39)49)21-19-28-20-26-44-47(45(28)38)41-14-4-6-18-43(41)50-44/h1-27H. The minimum absolute atomic E-state index is 1.17. The molecule has 0 fully saturated rings. The number of aromatic nitrogens is 1. The number of hydrogen-bond acceptors (Lipinski definition) is 1. The molecule has 230 valence electrons. The van der Waals surface area contributed by atoms with Crippen LogP contribution in [-0.2, 0) is 0 Å². The van der Waals surface area contributed by atoms with E-state index in [1.54, 1.807) is 0 Å². The zero-order chi connectivity index (χ0) is 32.5. The van der Waals surface area contributed by atoms with Gasteiger partial charge in [-0.3, -0.25) is 0 Å². The van der Waals surface area contributed by atoms with Crippen LogP contribution in [0, 0.1) is 0 Å². The topological polar surface area (TPSA) is 4.93 Å². The second kappa shape index (κ2) is 9.69. The van der Waals surface area contributed by atoms with Crippen molar-refractivity contribution in [2.24, 2.45) is 0 Å². The molecule has 1 nitrogen and oxygen atoms in total. The number of fused-ring (bicyclic) bond motifs is 14. The van der Waals surface area contributed by atoms with Crippen molar-refractivity contribution in [2.75, 3.05) is 0 Å². The van der Waals surface area contributed by atoms with Crippen molar-refractivity contribution in [1.29, 1.82) is 0 Å². The van der Waals surface area contributed by atoms with E-state index in [1.807, 2.05) is 11.3 Å². The van der Waals surface area contributed by atoms with E-state index in [0.717, 1.165) is 0 Å². The summed E-state index contributed by atoms with van der Waals surface area (Å²) >= 11 is 1.89. The third kappa shape index (κ3) is 3.41. The van der Waals surface area contributed by atoms with Gasteiger partial charge in [0.15, 0.2) is 0 Å². The van der Waals surface area contributed by atoms with Gasteiger partial charge in [0.25, 0.3) is 0 Å². The summed E-state index contributed by atoms with van der Waals surface area (Å²) in [5.41, 5.74) is 11.5. The molecule has 2 aromatic heterocycles. The van der Waals surface area contributed by atoms with Crippen LogP contribution in [0.1, 0.15) is 0 Å². The van der Waals surface area contributed by atoms with Crippen LogP contribution in [-0.4, -0.2) is 4.57 Å². The second-order valence-electron chi connectivity index (χ2n) is 13.6. The molecule has 0 saturated heterocycles. The fourth-order valence-corrected chi connectivity index (χ4v) is 10.2. The van der Waals surface area contributed by atoms with Crippen LogP contribution in [0.3, 0.4) is 0 Å². The third-order valence-electron chi connectivity index (χ3n) is 11.1. The minimum atomic E-state index is 1.17. The van der Waals surface area contributed by atoms with Crippen LogP contribution in [0.25, 0.3) is 113 Å². The monoisotopic (exact) mass is 649 g/mol. The fourth-order valence-electron chi connectivity index (χ4n) is 9.05. The lowest BCUT2D eigenvalue weighted by molar-refractivity contribution is 1.19. The Morgan fingerprint density at radius 3 is 1.94 bits per heavy atom. The summed E-state index contributed by atoms with van der Waals surface area (Å²) in [5, 5.41) is 13.1. The Labute approximate surface area is 291 Å². The molecular weight excluding hydrogens is 623 g/mol. The minimum Gasteiger partial charge on any atom is -0.309 e. The third-order valence-corrected chi connectivity index (χ3v) is 12.2. The molecule has 2 heteroatoms. The Morgan fingerprint density at radius 2 is 1.02 bits per heavy atom. The predicted octanol–water partition coefficient (Wildman–Crippen LogP) is 13.9. The predicted molar refractivity (Wildman–Crippen MR) is 216 cm³/mol. The molecule has 11 aromatic rings. The highest BCUT2D eigenvalue weighted by Gasteiger charge is 2.23. The summed E-state index contributed by atoms with van der Waals surface area (Å²) < 4.78 is 5.18. The van der Waals surface area contributed by atoms with Crippen molar-refractivity contribution in [3.63, 3.8) is 0 Å². The van der Waals surface area contributed by atoms with Crippen LogP contribution in [0.15, 0.2) is 164 Å². The molecule has 0 radical (unpaired) electrons. The maximum Gasteiger partial charge on any atom is 0.0619 e. The van der Waals surface area contributed by atoms with Crippen molar-refractivity contribution in [3.05, 3.63) is 164 Å². The quantitative estimate of drug-likeness (QED) is 0.164. The van der Waals surface area contributed by atoms with E-state index in [0.29, 0.717) is 0 Å². The summed E-state index contributed by atoms with van der Waals surface area (Å²) in [6, 6.07) is 61.1. The van der Waals surface area contributed by atoms with Crippen LogP contribution in [0.4, 0.5) is 0 Å². The van der Waals surface area contributed by atoms with Crippen LogP contribution in [0.5, 0.6) is 0 Å². The largest absolute Gasteiger partial charge is 0.309 e. The van der Waals surface area contributed by atoms with Gasteiger partial charge in [-0.2, -0.15) is 0 Å². The average molecular weight is 650 g/mol. The van der Waals surface area contributed by atoms with E-state index in [2.05, 4.69) is 168 Å². The fraction of sp³-hybridized carbons (Fsp3) is 0. The molecule has 50 heavy (non-hydrogen) atoms. The Kier molecular flexibility index (Phi) is 5.18. The van der Waals surface area contributed by atoms with Gasteiger partial charge in [-0.15, -0.1) is 11.3 Å². The van der Waals surface area contributed by atoms with Gasteiger partial charge in [0.1, 0.15) is 0 Å². The van der Waals surface area contributed by atoms with Gasteiger partial charge < -0.3 is 4.57 Å². The molecule has 9 aromatic carbocycles. The molecule has 2 heterocycles. The lowest BCUT2D eigenvalue weighted by Crippen LogP contribution is -1.95. The Balaban J connectivity index is 1.15. The average Bonchev–Trinajstić information content (AvgIpc) is 3.84. The number of benzene rings is 9. The first-order chi connectivity index (χ1) is 24.8. The van der Waals surface area contributed by atoms with E-state index in [1.165, 1.54) is 113 Å². The summed E-state index contributed by atoms with van der Waals surface area (Å²) in [7, 11) is 0. The number of para-hydroxylation sites is 1. The van der Waals surface area contributed by atoms with Gasteiger partial charge in [0.2, 0.25) is 0 Å². The van der Waals surface area contributed by atoms with Crippen molar-refractivity contribution in [3.8, 4) is 39.1 Å². The van der Waals surface area contributed by atoms with Gasteiger partial charge >= 0.3 is 0 Å². The summed E-state index contributed by atoms with van der Waals surface area (Å²) in [6.07, 6.45) is 0. The molecule has 1 aliphatic carbocycles. The molecule has 1 aliphatic rings. The second-order valence-corrected chi connectivity index (χ2v) is 14.7. The normalized spacial score (nSPS) is 12.4. The Bertz CT molecular complexity index is 3240. The smallest absolute Gasteiger partial charge is 0.0619 e. The van der Waals surface area contributed by atoms with Gasteiger partial charge in [-0.1, -0.05) is 133 Å². The molecular formula is C48H27NS. The molecule has 0 bridgehead atoms. The lowest BCUT2D eigenvalue weighted by Gasteiger charge is -2.14. The first kappa shape index (κ1) is 26.7. The zero-order valence-electron chi connectivity index (χ0n) is 26.9. The zero-order valence-corrected chi connectivity index (χ0v) is 27.8. The van der Waals surface area contributed by atoms with Crippen molar-refractivity contribution in [2.45, 2.75) is 0 Å². The summed E-state index contributed by atoms with van der Waals surface area (Å²) in [6.45, 7) is 0. The van der Waals surface area contributed by atoms with E-state index < -0.39 is 0 Å². The van der Waals surface area contributed by atoms with Gasteiger partial charge in [-0.05, 0) is 90.6 Å². The molecule has 0 aliphatic heterocycles. The highest BCUT2D eigenvalue weighted by Crippen LogP contribution is 2.50. The molecule has 0 spiro atoms. The first-order valence-electron chi connectivity index (χ1n) is 17.3. The maximum atomic E-state index is 2.50. The number of hydrogen-bond donors (Lipinski definition) is 0. The number of nitrogens with zero attached hydrogens (tertiary/aromatic N) is 1. The summed E-state index contributed by atoms with van der Waals surface area (Å²) in [4.78, 5) is 0. The molecule has 12 rings (SSSR count). The van der Waals surface area contributed by atoms with E-state index >= 15 is 0 Å². The van der Waals surface area contributed by atoms with Gasteiger partial charge in [0, 0.05) is 42.0 Å². The van der Waals surface area contributed by atoms with E-state index in [4.69, 9.17) is 0 Å². The van der Waals surface area contributed by atoms with Crippen LogP contribution < -0.4 is 0 Å². The van der Waals surface area contributed by atoms with Crippen LogP contribution in [0.2, 0.25) is 0 Å². The molecule has 0 N–H and O–H groups in total. The molecule has 0 saturated carbocycles. The van der Waals surface area contributed by atoms with E-state index in [9.17, 15) is 0 Å². The van der Waals surface area contributed by atoms with Crippen LogP contribution >= 0.6 is 11.3 Å². The lowest BCUT2D eigenvalue weighted by atomic mass is 9.94. The maximum absolute atomic E-state index is 2.50. The SMILES string of the molecule is c1cc(-c2ccc3c4c(cccc24)-c2ccccc2-3)cc(-n2c3ccccc3c3ccc4c(ccc5ccc6sc7ccccc7c6c54)c32)c1.